The second kappa shape index (κ2) is 10.7. The molecule has 7 aromatic rings. The summed E-state index contributed by atoms with van der Waals surface area (Å²) in [6.45, 7) is 0. The summed E-state index contributed by atoms with van der Waals surface area (Å²) in [5.41, 5.74) is 5.75. The number of nitro groups is 2. The van der Waals surface area contributed by atoms with Crippen molar-refractivity contribution >= 4 is 77.5 Å². The Balaban J connectivity index is 1.27. The van der Waals surface area contributed by atoms with Gasteiger partial charge < -0.3 is 4.90 Å². The Morgan fingerprint density at radius 3 is 1.48 bits per heavy atom. The highest BCUT2D eigenvalue weighted by molar-refractivity contribution is 9.10. The molecule has 0 aromatic heterocycles. The summed E-state index contributed by atoms with van der Waals surface area (Å²) in [5, 5.41) is 27.0. The molecular formula is C40H20BrN3O6. The normalized spacial score (nSPS) is 12.5. The second-order valence-electron chi connectivity index (χ2n) is 12.2. The van der Waals surface area contributed by atoms with E-state index in [1.54, 1.807) is 24.3 Å². The molecule has 0 unspecified atom stereocenters. The van der Waals surface area contributed by atoms with Crippen molar-refractivity contribution in [2.24, 2.45) is 0 Å². The van der Waals surface area contributed by atoms with E-state index in [0.717, 1.165) is 31.7 Å². The number of rotatable bonds is 5. The first-order chi connectivity index (χ1) is 24.2. The van der Waals surface area contributed by atoms with Gasteiger partial charge in [-0.15, -0.1) is 0 Å². The number of halogens is 1. The number of hydrogen-bond donors (Lipinski definition) is 0. The summed E-state index contributed by atoms with van der Waals surface area (Å²) in [7, 11) is 0. The van der Waals surface area contributed by atoms with Gasteiger partial charge in [-0.25, -0.2) is 0 Å². The number of anilines is 3. The molecule has 0 atom stereocenters. The SMILES string of the molecule is O=C1c2cc(N(c3ccc4c(c3)C(=O)c3cc([N+](=O)[O-])ccc3-4)c3cc4ccc(Br)cc4c4ccccc34)ccc2-c2ccc([N+](=O)[O-])cc21. The maximum atomic E-state index is 13.8. The largest absolute Gasteiger partial charge is 0.310 e. The van der Waals surface area contributed by atoms with Gasteiger partial charge in [0.05, 0.1) is 15.5 Å². The summed E-state index contributed by atoms with van der Waals surface area (Å²) >= 11 is 3.61. The van der Waals surface area contributed by atoms with Crippen LogP contribution in [0.1, 0.15) is 31.8 Å². The van der Waals surface area contributed by atoms with Gasteiger partial charge in [0.15, 0.2) is 11.6 Å². The minimum Gasteiger partial charge on any atom is -0.310 e. The number of benzene rings is 7. The molecule has 0 amide bonds. The number of non-ortho nitro benzene ring substituents is 2. The van der Waals surface area contributed by atoms with Crippen LogP contribution < -0.4 is 4.90 Å². The molecule has 0 fully saturated rings. The zero-order valence-corrected chi connectivity index (χ0v) is 27.3. The second-order valence-corrected chi connectivity index (χ2v) is 13.1. The van der Waals surface area contributed by atoms with E-state index in [1.807, 2.05) is 59.5 Å². The van der Waals surface area contributed by atoms with Gasteiger partial charge in [-0.1, -0.05) is 58.4 Å². The van der Waals surface area contributed by atoms with Crippen molar-refractivity contribution in [1.82, 2.24) is 0 Å². The van der Waals surface area contributed by atoms with Gasteiger partial charge in [-0.05, 0) is 93.0 Å². The molecule has 2 aliphatic carbocycles. The lowest BCUT2D eigenvalue weighted by Gasteiger charge is -2.28. The van der Waals surface area contributed by atoms with Gasteiger partial charge in [0.2, 0.25) is 0 Å². The predicted molar refractivity (Wildman–Crippen MR) is 195 cm³/mol. The molecule has 50 heavy (non-hydrogen) atoms. The Morgan fingerprint density at radius 2 is 0.960 bits per heavy atom. The third-order valence-corrected chi connectivity index (χ3v) is 10.0. The molecular weight excluding hydrogens is 698 g/mol. The fourth-order valence-corrected chi connectivity index (χ4v) is 7.64. The minimum absolute atomic E-state index is 0.157. The van der Waals surface area contributed by atoms with Crippen LogP contribution in [0.3, 0.4) is 0 Å². The number of nitrogens with zero attached hydrogens (tertiary/aromatic N) is 3. The average Bonchev–Trinajstić information content (AvgIpc) is 3.57. The van der Waals surface area contributed by atoms with E-state index < -0.39 is 9.85 Å². The molecule has 0 radical (unpaired) electrons. The summed E-state index contributed by atoms with van der Waals surface area (Å²) < 4.78 is 0.939. The third-order valence-electron chi connectivity index (χ3n) is 9.55. The molecule has 7 aromatic carbocycles. The Morgan fingerprint density at radius 1 is 0.480 bits per heavy atom. The molecule has 0 saturated heterocycles. The van der Waals surface area contributed by atoms with Crippen LogP contribution in [0.25, 0.3) is 43.8 Å². The number of hydrogen-bond acceptors (Lipinski definition) is 7. The van der Waals surface area contributed by atoms with Crippen LogP contribution in [0.5, 0.6) is 0 Å². The number of ketones is 2. The van der Waals surface area contributed by atoms with E-state index in [1.165, 1.54) is 24.3 Å². The Labute approximate surface area is 291 Å². The van der Waals surface area contributed by atoms with Gasteiger partial charge in [-0.2, -0.15) is 0 Å². The maximum absolute atomic E-state index is 13.8. The van der Waals surface area contributed by atoms with Crippen LogP contribution >= 0.6 is 15.9 Å². The van der Waals surface area contributed by atoms with Gasteiger partial charge in [0, 0.05) is 67.8 Å². The maximum Gasteiger partial charge on any atom is 0.270 e. The van der Waals surface area contributed by atoms with Crippen molar-refractivity contribution in [3.63, 3.8) is 0 Å². The van der Waals surface area contributed by atoms with E-state index in [-0.39, 0.29) is 34.1 Å². The van der Waals surface area contributed by atoms with Crippen molar-refractivity contribution in [3.05, 3.63) is 168 Å². The standard InChI is InChI=1S/C40H20BrN3O6/c41-22-6-5-21-15-38(32-4-2-1-3-27(32)33(21)16-22)42(23-7-11-28-30-13-9-25(43(47)48)19-36(30)39(45)34(28)17-23)24-8-12-29-31-14-10-26(44(49)50)20-37(31)40(46)35(29)18-24/h1-20H. The van der Waals surface area contributed by atoms with Gasteiger partial charge in [-0.3, -0.25) is 29.8 Å². The molecule has 0 spiro atoms. The Kier molecular flexibility index (Phi) is 6.36. The van der Waals surface area contributed by atoms with Crippen LogP contribution in [0, 0.1) is 20.2 Å². The summed E-state index contributed by atoms with van der Waals surface area (Å²) in [6, 6.07) is 35.9. The molecule has 0 saturated carbocycles. The van der Waals surface area contributed by atoms with Crippen LogP contribution in [0.2, 0.25) is 0 Å². The smallest absolute Gasteiger partial charge is 0.270 e. The van der Waals surface area contributed by atoms with Crippen LogP contribution in [-0.4, -0.2) is 21.4 Å². The fraction of sp³-hybridized carbons (Fsp3) is 0. The van der Waals surface area contributed by atoms with E-state index in [4.69, 9.17) is 0 Å². The van der Waals surface area contributed by atoms with Crippen LogP contribution in [0.15, 0.2) is 126 Å². The fourth-order valence-electron chi connectivity index (χ4n) is 7.28. The molecule has 10 heteroatoms. The molecule has 0 bridgehead atoms. The van der Waals surface area contributed by atoms with Gasteiger partial charge in [0.1, 0.15) is 0 Å². The topological polar surface area (TPSA) is 124 Å². The molecule has 9 nitrogen and oxygen atoms in total. The molecule has 238 valence electrons. The third kappa shape index (κ3) is 4.32. The molecule has 0 heterocycles. The van der Waals surface area contributed by atoms with E-state index >= 15 is 0 Å². The van der Waals surface area contributed by atoms with E-state index in [2.05, 4.69) is 34.1 Å². The first-order valence-electron chi connectivity index (χ1n) is 15.5. The highest BCUT2D eigenvalue weighted by Crippen LogP contribution is 2.48. The number of fused-ring (bicyclic) bond motifs is 9. The van der Waals surface area contributed by atoms with Crippen molar-refractivity contribution in [2.45, 2.75) is 0 Å². The first kappa shape index (κ1) is 29.6. The quantitative estimate of drug-likeness (QED) is 0.0985. The van der Waals surface area contributed by atoms with E-state index in [0.29, 0.717) is 44.8 Å². The monoisotopic (exact) mass is 717 g/mol. The summed E-state index contributed by atoms with van der Waals surface area (Å²) in [6.07, 6.45) is 0. The highest BCUT2D eigenvalue weighted by atomic mass is 79.9. The molecule has 0 N–H and O–H groups in total. The van der Waals surface area contributed by atoms with Crippen LogP contribution in [-0.2, 0) is 0 Å². The lowest BCUT2D eigenvalue weighted by molar-refractivity contribution is -0.385. The number of carbonyl (C=O) groups is 2. The Hall–Kier alpha value is -6.52. The van der Waals surface area contributed by atoms with Crippen molar-refractivity contribution in [1.29, 1.82) is 0 Å². The van der Waals surface area contributed by atoms with Crippen molar-refractivity contribution < 1.29 is 19.4 Å². The van der Waals surface area contributed by atoms with Gasteiger partial charge in [0.25, 0.3) is 11.4 Å². The van der Waals surface area contributed by atoms with Crippen molar-refractivity contribution in [2.75, 3.05) is 4.90 Å². The average molecular weight is 719 g/mol. The minimum atomic E-state index is -0.515. The lowest BCUT2D eigenvalue weighted by Crippen LogP contribution is -2.12. The molecule has 0 aliphatic heterocycles. The predicted octanol–water partition coefficient (Wildman–Crippen LogP) is 10.5. The van der Waals surface area contributed by atoms with Gasteiger partial charge >= 0.3 is 0 Å². The van der Waals surface area contributed by atoms with E-state index in [9.17, 15) is 29.8 Å². The first-order valence-corrected chi connectivity index (χ1v) is 16.3. The van der Waals surface area contributed by atoms with Crippen molar-refractivity contribution in [3.8, 4) is 22.3 Å². The highest BCUT2D eigenvalue weighted by Gasteiger charge is 2.32. The van der Waals surface area contributed by atoms with Crippen LogP contribution in [0.4, 0.5) is 28.4 Å². The number of nitro benzene ring substituents is 2. The molecule has 2 aliphatic rings. The number of carbonyl (C=O) groups excluding carboxylic acids is 2. The zero-order chi connectivity index (χ0) is 34.4. The lowest BCUT2D eigenvalue weighted by atomic mass is 9.98. The molecule has 9 rings (SSSR count). The zero-order valence-electron chi connectivity index (χ0n) is 25.7. The summed E-state index contributed by atoms with van der Waals surface area (Å²) in [4.78, 5) is 51.6. The summed E-state index contributed by atoms with van der Waals surface area (Å²) in [5.74, 6) is -0.621. The Bertz CT molecular complexity index is 2620.